The normalized spacial score (nSPS) is 19.5. The summed E-state index contributed by atoms with van der Waals surface area (Å²) in [6.07, 6.45) is 6.71. The Morgan fingerprint density at radius 1 is 1.58 bits per heavy atom. The highest BCUT2D eigenvalue weighted by molar-refractivity contribution is 5.94. The van der Waals surface area contributed by atoms with Crippen molar-refractivity contribution in [2.45, 2.75) is 44.8 Å². The minimum absolute atomic E-state index is 0.141. The van der Waals surface area contributed by atoms with Gasteiger partial charge in [-0.1, -0.05) is 0 Å². The zero-order valence-corrected chi connectivity index (χ0v) is 11.5. The monoisotopic (exact) mass is 266 g/mol. The largest absolute Gasteiger partial charge is 0.383 e. The van der Waals surface area contributed by atoms with E-state index in [1.54, 1.807) is 24.1 Å². The lowest BCUT2D eigenvalue weighted by Gasteiger charge is -2.22. The Morgan fingerprint density at radius 2 is 2.47 bits per heavy atom. The molecule has 2 rings (SSSR count). The van der Waals surface area contributed by atoms with Crippen molar-refractivity contribution in [3.8, 4) is 0 Å². The van der Waals surface area contributed by atoms with Gasteiger partial charge in [0.05, 0.1) is 19.3 Å². The second kappa shape index (κ2) is 7.40. The predicted molar refractivity (Wildman–Crippen MR) is 71.3 cm³/mol. The molecule has 106 valence electrons. The maximum Gasteiger partial charge on any atom is 0.180 e. The van der Waals surface area contributed by atoms with Gasteiger partial charge < -0.3 is 9.47 Å². The summed E-state index contributed by atoms with van der Waals surface area (Å²) < 4.78 is 12.4. The Bertz CT molecular complexity index is 397. The summed E-state index contributed by atoms with van der Waals surface area (Å²) >= 11 is 0. The molecule has 1 aliphatic heterocycles. The Morgan fingerprint density at radius 3 is 3.21 bits per heavy atom. The molecular formula is C14H22N2O3. The Kier molecular flexibility index (Phi) is 5.54. The number of rotatable bonds is 7. The van der Waals surface area contributed by atoms with Crippen LogP contribution in [0, 0.1) is 0 Å². The van der Waals surface area contributed by atoms with E-state index >= 15 is 0 Å². The van der Waals surface area contributed by atoms with Gasteiger partial charge in [0.1, 0.15) is 5.69 Å². The van der Waals surface area contributed by atoms with Crippen molar-refractivity contribution in [2.75, 3.05) is 20.3 Å². The van der Waals surface area contributed by atoms with Gasteiger partial charge in [-0.15, -0.1) is 0 Å². The van der Waals surface area contributed by atoms with Gasteiger partial charge >= 0.3 is 0 Å². The Labute approximate surface area is 113 Å². The van der Waals surface area contributed by atoms with E-state index in [0.29, 0.717) is 25.3 Å². The van der Waals surface area contributed by atoms with E-state index in [1.165, 1.54) is 6.42 Å². The Balaban J connectivity index is 1.83. The van der Waals surface area contributed by atoms with Crippen LogP contribution in [0.4, 0.5) is 0 Å². The average molecular weight is 266 g/mol. The van der Waals surface area contributed by atoms with Gasteiger partial charge in [-0.2, -0.15) is 5.10 Å². The lowest BCUT2D eigenvalue weighted by molar-refractivity contribution is 0.0104. The zero-order chi connectivity index (χ0) is 13.5. The number of hydrogen-bond donors (Lipinski definition) is 0. The molecule has 1 saturated heterocycles. The predicted octanol–water partition coefficient (Wildman–Crippen LogP) is 2.06. The number of nitrogens with zero attached hydrogens (tertiary/aromatic N) is 2. The van der Waals surface area contributed by atoms with Crippen molar-refractivity contribution in [3.63, 3.8) is 0 Å². The summed E-state index contributed by atoms with van der Waals surface area (Å²) in [5, 5.41) is 4.15. The standard InChI is InChI=1S/C14H22N2O3/c1-18-11-9-16-13(7-8-15-16)14(17)6-5-12-4-2-3-10-19-12/h7-8,12H,2-6,9-11H2,1H3. The first kappa shape index (κ1) is 14.2. The molecule has 19 heavy (non-hydrogen) atoms. The minimum atomic E-state index is 0.141. The van der Waals surface area contributed by atoms with Gasteiger partial charge in [0.15, 0.2) is 5.78 Å². The summed E-state index contributed by atoms with van der Waals surface area (Å²) in [7, 11) is 1.64. The summed E-state index contributed by atoms with van der Waals surface area (Å²) in [6.45, 7) is 2.02. The number of carbonyl (C=O) groups is 1. The van der Waals surface area contributed by atoms with E-state index in [0.717, 1.165) is 25.9 Å². The maximum absolute atomic E-state index is 12.2. The first-order valence-electron chi connectivity index (χ1n) is 6.97. The molecule has 0 radical (unpaired) electrons. The molecule has 0 aliphatic carbocycles. The molecule has 0 amide bonds. The maximum atomic E-state index is 12.2. The van der Waals surface area contributed by atoms with Gasteiger partial charge in [0.2, 0.25) is 0 Å². The summed E-state index contributed by atoms with van der Waals surface area (Å²) in [6, 6.07) is 1.78. The molecule has 1 unspecified atom stereocenters. The van der Waals surface area contributed by atoms with E-state index in [-0.39, 0.29) is 11.9 Å². The van der Waals surface area contributed by atoms with Crippen molar-refractivity contribution < 1.29 is 14.3 Å². The molecule has 0 aromatic carbocycles. The number of ketones is 1. The van der Waals surface area contributed by atoms with Crippen LogP contribution < -0.4 is 0 Å². The molecule has 1 fully saturated rings. The molecule has 0 N–H and O–H groups in total. The highest BCUT2D eigenvalue weighted by Gasteiger charge is 2.17. The van der Waals surface area contributed by atoms with Gasteiger partial charge in [-0.05, 0) is 31.7 Å². The van der Waals surface area contributed by atoms with Crippen molar-refractivity contribution >= 4 is 5.78 Å². The van der Waals surface area contributed by atoms with Crippen molar-refractivity contribution in [1.82, 2.24) is 9.78 Å². The number of hydrogen-bond acceptors (Lipinski definition) is 4. The van der Waals surface area contributed by atoms with E-state index in [1.807, 2.05) is 0 Å². The molecule has 0 bridgehead atoms. The molecule has 1 aromatic heterocycles. The molecule has 2 heterocycles. The third kappa shape index (κ3) is 4.14. The summed E-state index contributed by atoms with van der Waals surface area (Å²) in [4.78, 5) is 12.2. The third-order valence-corrected chi connectivity index (χ3v) is 3.48. The molecule has 5 nitrogen and oxygen atoms in total. The second-order valence-electron chi connectivity index (χ2n) is 4.88. The van der Waals surface area contributed by atoms with Crippen LogP contribution in [0.25, 0.3) is 0 Å². The number of carbonyl (C=O) groups excluding carboxylic acids is 1. The number of aromatic nitrogens is 2. The molecule has 1 aliphatic rings. The van der Waals surface area contributed by atoms with Crippen LogP contribution in [-0.4, -0.2) is 42.0 Å². The minimum Gasteiger partial charge on any atom is -0.383 e. The lowest BCUT2D eigenvalue weighted by atomic mass is 10.0. The van der Waals surface area contributed by atoms with Crippen LogP contribution in [0.15, 0.2) is 12.3 Å². The van der Waals surface area contributed by atoms with E-state index in [4.69, 9.17) is 9.47 Å². The summed E-state index contributed by atoms with van der Waals surface area (Å²) in [5.41, 5.74) is 0.674. The fourth-order valence-corrected chi connectivity index (χ4v) is 2.38. The fourth-order valence-electron chi connectivity index (χ4n) is 2.38. The quantitative estimate of drug-likeness (QED) is 0.709. The van der Waals surface area contributed by atoms with Crippen molar-refractivity contribution in [3.05, 3.63) is 18.0 Å². The van der Waals surface area contributed by atoms with E-state index in [2.05, 4.69) is 5.10 Å². The van der Waals surface area contributed by atoms with Crippen LogP contribution in [0.1, 0.15) is 42.6 Å². The van der Waals surface area contributed by atoms with E-state index < -0.39 is 0 Å². The highest BCUT2D eigenvalue weighted by atomic mass is 16.5. The van der Waals surface area contributed by atoms with Crippen LogP contribution in [0.5, 0.6) is 0 Å². The smallest absolute Gasteiger partial charge is 0.180 e. The van der Waals surface area contributed by atoms with Crippen LogP contribution in [0.2, 0.25) is 0 Å². The average Bonchev–Trinajstić information content (AvgIpc) is 2.92. The van der Waals surface area contributed by atoms with Crippen molar-refractivity contribution in [2.24, 2.45) is 0 Å². The van der Waals surface area contributed by atoms with Crippen LogP contribution in [-0.2, 0) is 16.0 Å². The molecule has 1 atom stereocenters. The van der Waals surface area contributed by atoms with Gasteiger partial charge in [-0.25, -0.2) is 0 Å². The third-order valence-electron chi connectivity index (χ3n) is 3.48. The SMILES string of the molecule is COCCn1nccc1C(=O)CCC1CCCCO1. The first-order chi connectivity index (χ1) is 9.31. The van der Waals surface area contributed by atoms with E-state index in [9.17, 15) is 4.79 Å². The first-order valence-corrected chi connectivity index (χ1v) is 6.97. The molecule has 1 aromatic rings. The Hall–Kier alpha value is -1.20. The van der Waals surface area contributed by atoms with Crippen molar-refractivity contribution in [1.29, 1.82) is 0 Å². The van der Waals surface area contributed by atoms with Gasteiger partial charge in [0.25, 0.3) is 0 Å². The molecule has 0 saturated carbocycles. The number of ether oxygens (including phenoxy) is 2. The van der Waals surface area contributed by atoms with Gasteiger partial charge in [-0.3, -0.25) is 9.48 Å². The number of methoxy groups -OCH3 is 1. The lowest BCUT2D eigenvalue weighted by Crippen LogP contribution is -2.21. The fraction of sp³-hybridized carbons (Fsp3) is 0.714. The molecule has 0 spiro atoms. The topological polar surface area (TPSA) is 53.4 Å². The summed E-state index contributed by atoms with van der Waals surface area (Å²) in [5.74, 6) is 0.141. The molecule has 5 heteroatoms. The van der Waals surface area contributed by atoms with Gasteiger partial charge in [0, 0.05) is 26.3 Å². The molecular weight excluding hydrogens is 244 g/mol. The second-order valence-corrected chi connectivity index (χ2v) is 4.88. The van der Waals surface area contributed by atoms with Crippen LogP contribution >= 0.6 is 0 Å². The number of Topliss-reactive ketones (excluding diaryl/α,β-unsaturated/α-hetero) is 1. The zero-order valence-electron chi connectivity index (χ0n) is 11.5. The van der Waals surface area contributed by atoms with Crippen LogP contribution in [0.3, 0.4) is 0 Å². The highest BCUT2D eigenvalue weighted by Crippen LogP contribution is 2.18.